The second kappa shape index (κ2) is 6.80. The molecular formula is C15H10Cl3NO. The standard InChI is InChI=1S/C15H10Cl3NO/c16-11-4-6-13(7-5-11)19-15(20)8-2-10-1-3-12(17)9-14(10)18/h1-9H,(H,19,20). The van der Waals surface area contributed by atoms with Crippen molar-refractivity contribution in [2.75, 3.05) is 5.32 Å². The van der Waals surface area contributed by atoms with Crippen LogP contribution in [0.4, 0.5) is 5.69 Å². The van der Waals surface area contributed by atoms with E-state index in [2.05, 4.69) is 5.32 Å². The summed E-state index contributed by atoms with van der Waals surface area (Å²) in [6.07, 6.45) is 3.04. The van der Waals surface area contributed by atoms with Crippen molar-refractivity contribution in [1.82, 2.24) is 0 Å². The molecule has 2 rings (SSSR count). The first-order valence-electron chi connectivity index (χ1n) is 5.74. The number of amides is 1. The second-order valence-corrected chi connectivity index (χ2v) is 5.28. The Balaban J connectivity index is 2.03. The lowest BCUT2D eigenvalue weighted by Crippen LogP contribution is -2.07. The van der Waals surface area contributed by atoms with E-state index < -0.39 is 0 Å². The highest BCUT2D eigenvalue weighted by molar-refractivity contribution is 6.35. The van der Waals surface area contributed by atoms with E-state index in [1.54, 1.807) is 48.5 Å². The van der Waals surface area contributed by atoms with E-state index >= 15 is 0 Å². The van der Waals surface area contributed by atoms with Gasteiger partial charge in [-0.2, -0.15) is 0 Å². The van der Waals surface area contributed by atoms with Crippen molar-refractivity contribution in [3.8, 4) is 0 Å². The molecule has 0 aliphatic carbocycles. The Morgan fingerprint density at radius 2 is 1.60 bits per heavy atom. The van der Waals surface area contributed by atoms with Gasteiger partial charge in [0, 0.05) is 26.8 Å². The van der Waals surface area contributed by atoms with Crippen LogP contribution in [0.2, 0.25) is 15.1 Å². The third-order valence-electron chi connectivity index (χ3n) is 2.49. The number of benzene rings is 2. The van der Waals surface area contributed by atoms with Crippen molar-refractivity contribution in [2.45, 2.75) is 0 Å². The molecule has 102 valence electrons. The van der Waals surface area contributed by atoms with E-state index in [1.807, 2.05) is 0 Å². The minimum absolute atomic E-state index is 0.252. The zero-order chi connectivity index (χ0) is 14.5. The molecule has 0 saturated carbocycles. The predicted octanol–water partition coefficient (Wildman–Crippen LogP) is 5.30. The molecule has 0 aliphatic rings. The average Bonchev–Trinajstić information content (AvgIpc) is 2.40. The van der Waals surface area contributed by atoms with Gasteiger partial charge in [-0.1, -0.05) is 40.9 Å². The first-order valence-corrected chi connectivity index (χ1v) is 6.88. The molecule has 0 atom stereocenters. The molecule has 0 spiro atoms. The molecule has 0 aliphatic heterocycles. The van der Waals surface area contributed by atoms with Crippen LogP contribution < -0.4 is 5.32 Å². The van der Waals surface area contributed by atoms with E-state index in [-0.39, 0.29) is 5.91 Å². The Hall–Kier alpha value is -1.48. The zero-order valence-electron chi connectivity index (χ0n) is 10.2. The monoisotopic (exact) mass is 325 g/mol. The largest absolute Gasteiger partial charge is 0.323 e. The van der Waals surface area contributed by atoms with Gasteiger partial charge < -0.3 is 5.32 Å². The van der Waals surface area contributed by atoms with Crippen LogP contribution in [-0.2, 0) is 4.79 Å². The zero-order valence-corrected chi connectivity index (χ0v) is 12.5. The van der Waals surface area contributed by atoms with E-state index in [1.165, 1.54) is 6.08 Å². The maximum Gasteiger partial charge on any atom is 0.248 e. The molecule has 0 aromatic heterocycles. The first-order chi connectivity index (χ1) is 9.54. The Morgan fingerprint density at radius 3 is 2.25 bits per heavy atom. The highest BCUT2D eigenvalue weighted by atomic mass is 35.5. The Kier molecular flexibility index (Phi) is 5.07. The van der Waals surface area contributed by atoms with E-state index in [9.17, 15) is 4.79 Å². The summed E-state index contributed by atoms with van der Waals surface area (Å²) >= 11 is 17.6. The second-order valence-electron chi connectivity index (χ2n) is 4.00. The van der Waals surface area contributed by atoms with E-state index in [0.717, 1.165) is 5.56 Å². The molecule has 2 nitrogen and oxygen atoms in total. The summed E-state index contributed by atoms with van der Waals surface area (Å²) in [6, 6.07) is 11.9. The lowest BCUT2D eigenvalue weighted by molar-refractivity contribution is -0.111. The van der Waals surface area contributed by atoms with Gasteiger partial charge in [0.2, 0.25) is 5.91 Å². The lowest BCUT2D eigenvalue weighted by atomic mass is 10.2. The highest BCUT2D eigenvalue weighted by Crippen LogP contribution is 2.22. The molecule has 0 radical (unpaired) electrons. The summed E-state index contributed by atoms with van der Waals surface area (Å²) in [5.41, 5.74) is 1.40. The number of anilines is 1. The topological polar surface area (TPSA) is 29.1 Å². The van der Waals surface area contributed by atoms with E-state index in [4.69, 9.17) is 34.8 Å². The van der Waals surface area contributed by atoms with E-state index in [0.29, 0.717) is 20.8 Å². The van der Waals surface area contributed by atoms with Crippen molar-refractivity contribution in [1.29, 1.82) is 0 Å². The minimum Gasteiger partial charge on any atom is -0.323 e. The third kappa shape index (κ3) is 4.27. The van der Waals surface area contributed by atoms with Gasteiger partial charge in [-0.25, -0.2) is 0 Å². The highest BCUT2D eigenvalue weighted by Gasteiger charge is 2.00. The number of halogens is 3. The molecule has 0 bridgehead atoms. The minimum atomic E-state index is -0.252. The predicted molar refractivity (Wildman–Crippen MR) is 85.6 cm³/mol. The fourth-order valence-electron chi connectivity index (χ4n) is 1.52. The van der Waals surface area contributed by atoms with Gasteiger partial charge in [-0.15, -0.1) is 0 Å². The molecular weight excluding hydrogens is 317 g/mol. The summed E-state index contributed by atoms with van der Waals surface area (Å²) in [5.74, 6) is -0.252. The van der Waals surface area contributed by atoms with Crippen LogP contribution in [-0.4, -0.2) is 5.91 Å². The van der Waals surface area contributed by atoms with Gasteiger partial charge in [0.15, 0.2) is 0 Å². The number of nitrogens with one attached hydrogen (secondary N) is 1. The molecule has 0 fully saturated rings. The maximum absolute atomic E-state index is 11.7. The Bertz CT molecular complexity index is 651. The molecule has 2 aromatic rings. The maximum atomic E-state index is 11.7. The fourth-order valence-corrected chi connectivity index (χ4v) is 2.12. The van der Waals surface area contributed by atoms with Crippen molar-refractivity contribution >= 4 is 52.5 Å². The number of carbonyl (C=O) groups excluding carboxylic acids is 1. The molecule has 1 amide bonds. The quantitative estimate of drug-likeness (QED) is 0.762. The number of carbonyl (C=O) groups is 1. The van der Waals surface area contributed by atoms with Crippen LogP contribution in [0.15, 0.2) is 48.5 Å². The molecule has 0 unspecified atom stereocenters. The first kappa shape index (κ1) is 14.9. The summed E-state index contributed by atoms with van der Waals surface area (Å²) in [4.78, 5) is 11.7. The van der Waals surface area contributed by atoms with Gasteiger partial charge >= 0.3 is 0 Å². The van der Waals surface area contributed by atoms with Crippen LogP contribution in [0.1, 0.15) is 5.56 Å². The van der Waals surface area contributed by atoms with Gasteiger partial charge in [0.1, 0.15) is 0 Å². The molecule has 0 heterocycles. The van der Waals surface area contributed by atoms with Crippen LogP contribution >= 0.6 is 34.8 Å². The Labute approximate surface area is 132 Å². The van der Waals surface area contributed by atoms with Crippen molar-refractivity contribution in [3.05, 3.63) is 69.2 Å². The van der Waals surface area contributed by atoms with Crippen molar-refractivity contribution in [2.24, 2.45) is 0 Å². The van der Waals surface area contributed by atoms with Gasteiger partial charge in [0.05, 0.1) is 0 Å². The summed E-state index contributed by atoms with van der Waals surface area (Å²) in [6.45, 7) is 0. The van der Waals surface area contributed by atoms with Crippen molar-refractivity contribution in [3.63, 3.8) is 0 Å². The summed E-state index contributed by atoms with van der Waals surface area (Å²) in [5, 5.41) is 4.38. The molecule has 0 saturated heterocycles. The molecule has 20 heavy (non-hydrogen) atoms. The van der Waals surface area contributed by atoms with Gasteiger partial charge in [-0.05, 0) is 48.0 Å². The molecule has 1 N–H and O–H groups in total. The number of hydrogen-bond acceptors (Lipinski definition) is 1. The normalized spacial score (nSPS) is 10.8. The van der Waals surface area contributed by atoms with Crippen LogP contribution in [0.25, 0.3) is 6.08 Å². The molecule has 5 heteroatoms. The summed E-state index contributed by atoms with van der Waals surface area (Å²) in [7, 11) is 0. The van der Waals surface area contributed by atoms with Crippen LogP contribution in [0, 0.1) is 0 Å². The fraction of sp³-hybridized carbons (Fsp3) is 0. The van der Waals surface area contributed by atoms with Crippen molar-refractivity contribution < 1.29 is 4.79 Å². The third-order valence-corrected chi connectivity index (χ3v) is 3.30. The van der Waals surface area contributed by atoms with Gasteiger partial charge in [-0.3, -0.25) is 4.79 Å². The smallest absolute Gasteiger partial charge is 0.248 e. The van der Waals surface area contributed by atoms with Crippen LogP contribution in [0.3, 0.4) is 0 Å². The number of hydrogen-bond donors (Lipinski definition) is 1. The molecule has 2 aromatic carbocycles. The lowest BCUT2D eigenvalue weighted by Gasteiger charge is -2.02. The Morgan fingerprint density at radius 1 is 0.950 bits per heavy atom. The SMILES string of the molecule is O=C(C=Cc1ccc(Cl)cc1Cl)Nc1ccc(Cl)cc1. The average molecular weight is 327 g/mol. The van der Waals surface area contributed by atoms with Gasteiger partial charge in [0.25, 0.3) is 0 Å². The van der Waals surface area contributed by atoms with Crippen LogP contribution in [0.5, 0.6) is 0 Å². The number of rotatable bonds is 3. The summed E-state index contributed by atoms with van der Waals surface area (Å²) < 4.78 is 0.